The number of carboxylic acid groups (broad SMARTS) is 1. The molecule has 0 saturated carbocycles. The van der Waals surface area contributed by atoms with Gasteiger partial charge in [0.25, 0.3) is 5.91 Å². The Bertz CT molecular complexity index is 746. The first kappa shape index (κ1) is 16.4. The lowest BCUT2D eigenvalue weighted by molar-refractivity contribution is -0.141. The number of benzene rings is 1. The predicted octanol–water partition coefficient (Wildman–Crippen LogP) is 3.18. The molecule has 7 heteroatoms. The van der Waals surface area contributed by atoms with E-state index in [1.807, 2.05) is 12.1 Å². The van der Waals surface area contributed by atoms with E-state index in [-0.39, 0.29) is 12.5 Å². The van der Waals surface area contributed by atoms with Gasteiger partial charge in [-0.2, -0.15) is 0 Å². The van der Waals surface area contributed by atoms with Crippen molar-refractivity contribution in [1.82, 2.24) is 9.88 Å². The number of nitrogens with zero attached hydrogens (tertiary/aromatic N) is 2. The minimum Gasteiger partial charge on any atom is -0.481 e. The van der Waals surface area contributed by atoms with Crippen molar-refractivity contribution >= 4 is 27.8 Å². The average molecular weight is 391 g/mol. The molecule has 0 radical (unpaired) electrons. The Kier molecular flexibility index (Phi) is 4.80. The van der Waals surface area contributed by atoms with Crippen molar-refractivity contribution in [3.63, 3.8) is 0 Å². The average Bonchev–Trinajstić information content (AvgIpc) is 3.07. The lowest BCUT2D eigenvalue weighted by Gasteiger charge is -2.15. The van der Waals surface area contributed by atoms with E-state index in [1.165, 1.54) is 6.20 Å². The number of hydrogen-bond donors (Lipinski definition) is 1. The van der Waals surface area contributed by atoms with Crippen molar-refractivity contribution in [1.29, 1.82) is 0 Å². The van der Waals surface area contributed by atoms with Crippen LogP contribution < -0.4 is 4.74 Å². The molecular formula is C17H15BrN2O4. The summed E-state index contributed by atoms with van der Waals surface area (Å²) in [5.41, 5.74) is 0.421. The van der Waals surface area contributed by atoms with E-state index in [0.717, 1.165) is 4.47 Å². The molecule has 6 nitrogen and oxygen atoms in total. The normalized spacial score (nSPS) is 16.9. The van der Waals surface area contributed by atoms with E-state index in [9.17, 15) is 9.59 Å². The Morgan fingerprint density at radius 3 is 2.54 bits per heavy atom. The second-order valence-electron chi connectivity index (χ2n) is 5.52. The number of hydrogen-bond acceptors (Lipinski definition) is 4. The van der Waals surface area contributed by atoms with Gasteiger partial charge in [-0.25, -0.2) is 4.98 Å². The maximum atomic E-state index is 12.4. The molecule has 1 N–H and O–H groups in total. The molecule has 3 rings (SSSR count). The number of carbonyl (C=O) groups excluding carboxylic acids is 1. The monoisotopic (exact) mass is 390 g/mol. The van der Waals surface area contributed by atoms with Crippen molar-refractivity contribution < 1.29 is 19.4 Å². The molecule has 0 unspecified atom stereocenters. The van der Waals surface area contributed by atoms with Gasteiger partial charge >= 0.3 is 5.97 Å². The summed E-state index contributed by atoms with van der Waals surface area (Å²) in [4.78, 5) is 29.0. The molecule has 1 aliphatic rings. The Balaban J connectivity index is 1.65. The third-order valence-corrected chi connectivity index (χ3v) is 4.37. The molecule has 1 fully saturated rings. The first-order valence-corrected chi connectivity index (χ1v) is 8.24. The summed E-state index contributed by atoms with van der Waals surface area (Å²) in [5.74, 6) is -0.516. The molecule has 0 spiro atoms. The number of aromatic nitrogens is 1. The lowest BCUT2D eigenvalue weighted by Crippen LogP contribution is -2.30. The zero-order valence-electron chi connectivity index (χ0n) is 12.7. The SMILES string of the molecule is O=C(O)[C@H]1CCN(C(=O)c2ccc(Oc3ccc(Br)cc3)nc2)C1. The molecule has 24 heavy (non-hydrogen) atoms. The number of aliphatic carboxylic acids is 1. The third-order valence-electron chi connectivity index (χ3n) is 3.84. The van der Waals surface area contributed by atoms with Gasteiger partial charge in [0.15, 0.2) is 0 Å². The second-order valence-corrected chi connectivity index (χ2v) is 6.43. The highest BCUT2D eigenvalue weighted by molar-refractivity contribution is 9.10. The van der Waals surface area contributed by atoms with Gasteiger partial charge < -0.3 is 14.7 Å². The summed E-state index contributed by atoms with van der Waals surface area (Å²) in [6.07, 6.45) is 1.93. The van der Waals surface area contributed by atoms with Crippen LogP contribution >= 0.6 is 15.9 Å². The summed E-state index contributed by atoms with van der Waals surface area (Å²) in [7, 11) is 0. The minimum absolute atomic E-state index is 0.207. The van der Waals surface area contributed by atoms with E-state index < -0.39 is 11.9 Å². The molecular weight excluding hydrogens is 376 g/mol. The molecule has 1 aliphatic heterocycles. The smallest absolute Gasteiger partial charge is 0.308 e. The Morgan fingerprint density at radius 1 is 1.21 bits per heavy atom. The van der Waals surface area contributed by atoms with Gasteiger partial charge in [0, 0.05) is 29.8 Å². The summed E-state index contributed by atoms with van der Waals surface area (Å²) in [6.45, 7) is 0.693. The van der Waals surface area contributed by atoms with Crippen molar-refractivity contribution in [2.45, 2.75) is 6.42 Å². The van der Waals surface area contributed by atoms with Crippen LogP contribution in [-0.4, -0.2) is 40.0 Å². The lowest BCUT2D eigenvalue weighted by atomic mass is 10.1. The fourth-order valence-electron chi connectivity index (χ4n) is 2.52. The molecule has 1 aromatic heterocycles. The fraction of sp³-hybridized carbons (Fsp3) is 0.235. The summed E-state index contributed by atoms with van der Waals surface area (Å²) < 4.78 is 6.56. The van der Waals surface area contributed by atoms with Crippen LogP contribution in [0.5, 0.6) is 11.6 Å². The first-order valence-electron chi connectivity index (χ1n) is 7.44. The summed E-state index contributed by atoms with van der Waals surface area (Å²) >= 11 is 3.35. The summed E-state index contributed by atoms with van der Waals surface area (Å²) in [5, 5.41) is 9.01. The van der Waals surface area contributed by atoms with E-state index >= 15 is 0 Å². The fourth-order valence-corrected chi connectivity index (χ4v) is 2.78. The number of carbonyl (C=O) groups is 2. The van der Waals surface area contributed by atoms with Gasteiger partial charge in [-0.15, -0.1) is 0 Å². The number of amides is 1. The molecule has 0 aliphatic carbocycles. The molecule has 2 heterocycles. The van der Waals surface area contributed by atoms with Crippen molar-refractivity contribution in [2.75, 3.05) is 13.1 Å². The predicted molar refractivity (Wildman–Crippen MR) is 90.1 cm³/mol. The molecule has 1 amide bonds. The van der Waals surface area contributed by atoms with Crippen LogP contribution in [-0.2, 0) is 4.79 Å². The highest BCUT2D eigenvalue weighted by Crippen LogP contribution is 2.23. The van der Waals surface area contributed by atoms with Gasteiger partial charge in [-0.3, -0.25) is 9.59 Å². The minimum atomic E-state index is -0.860. The van der Waals surface area contributed by atoms with Gasteiger partial charge in [0.1, 0.15) is 5.75 Å². The topological polar surface area (TPSA) is 79.7 Å². The van der Waals surface area contributed by atoms with Crippen LogP contribution in [0.4, 0.5) is 0 Å². The zero-order chi connectivity index (χ0) is 17.1. The van der Waals surface area contributed by atoms with Gasteiger partial charge in [0.2, 0.25) is 5.88 Å². The van der Waals surface area contributed by atoms with Crippen molar-refractivity contribution in [3.8, 4) is 11.6 Å². The highest BCUT2D eigenvalue weighted by atomic mass is 79.9. The standard InChI is InChI=1S/C17H15BrN2O4/c18-13-2-4-14(5-3-13)24-15-6-1-11(9-19-15)16(21)20-8-7-12(10-20)17(22)23/h1-6,9,12H,7-8,10H2,(H,22,23)/t12-/m0/s1. The van der Waals surface area contributed by atoms with Crippen LogP contribution in [0.1, 0.15) is 16.8 Å². The Labute approximate surface area is 147 Å². The number of ether oxygens (including phenoxy) is 1. The van der Waals surface area contributed by atoms with Gasteiger partial charge in [0.05, 0.1) is 11.5 Å². The number of halogens is 1. The van der Waals surface area contributed by atoms with E-state index in [0.29, 0.717) is 30.2 Å². The maximum absolute atomic E-state index is 12.4. The molecule has 124 valence electrons. The van der Waals surface area contributed by atoms with Crippen molar-refractivity contribution in [3.05, 3.63) is 52.6 Å². The van der Waals surface area contributed by atoms with Crippen LogP contribution in [0, 0.1) is 5.92 Å². The molecule has 1 atom stereocenters. The van der Waals surface area contributed by atoms with E-state index in [2.05, 4.69) is 20.9 Å². The quantitative estimate of drug-likeness (QED) is 0.866. The molecule has 1 aromatic carbocycles. The van der Waals surface area contributed by atoms with Crippen LogP contribution in [0.25, 0.3) is 0 Å². The van der Waals surface area contributed by atoms with Gasteiger partial charge in [-0.05, 0) is 36.8 Å². The van der Waals surface area contributed by atoms with Gasteiger partial charge in [-0.1, -0.05) is 15.9 Å². The zero-order valence-corrected chi connectivity index (χ0v) is 14.3. The second kappa shape index (κ2) is 7.00. The van der Waals surface area contributed by atoms with Crippen LogP contribution in [0.15, 0.2) is 47.1 Å². The molecule has 1 saturated heterocycles. The Morgan fingerprint density at radius 2 is 1.96 bits per heavy atom. The van der Waals surface area contributed by atoms with E-state index in [1.54, 1.807) is 29.2 Å². The third kappa shape index (κ3) is 3.73. The summed E-state index contributed by atoms with van der Waals surface area (Å²) in [6, 6.07) is 10.6. The largest absolute Gasteiger partial charge is 0.481 e. The molecule has 2 aromatic rings. The van der Waals surface area contributed by atoms with Crippen molar-refractivity contribution in [2.24, 2.45) is 5.92 Å². The number of pyridine rings is 1. The highest BCUT2D eigenvalue weighted by Gasteiger charge is 2.31. The van der Waals surface area contributed by atoms with E-state index in [4.69, 9.17) is 9.84 Å². The first-order chi connectivity index (χ1) is 11.5. The maximum Gasteiger partial charge on any atom is 0.308 e. The number of rotatable bonds is 4. The number of carboxylic acids is 1. The van der Waals surface area contributed by atoms with Crippen LogP contribution in [0.2, 0.25) is 0 Å². The number of likely N-dealkylation sites (tertiary alicyclic amines) is 1. The van der Waals surface area contributed by atoms with Crippen LogP contribution in [0.3, 0.4) is 0 Å². The Hall–Kier alpha value is -2.41. The molecule has 0 bridgehead atoms.